The maximum atomic E-state index is 5.56. The molecule has 0 aliphatic heterocycles. The number of nitrogens with zero attached hydrogens (tertiary/aromatic N) is 3. The highest BCUT2D eigenvalue weighted by atomic mass is 16.5. The zero-order chi connectivity index (χ0) is 11.3. The fourth-order valence-electron chi connectivity index (χ4n) is 1.37. The Bertz CT molecular complexity index is 303. The van der Waals surface area contributed by atoms with E-state index in [-0.39, 0.29) is 0 Å². The van der Waals surface area contributed by atoms with Gasteiger partial charge in [0.25, 0.3) is 0 Å². The summed E-state index contributed by atoms with van der Waals surface area (Å²) in [6, 6.07) is 2.17. The van der Waals surface area contributed by atoms with E-state index in [9.17, 15) is 0 Å². The van der Waals surface area contributed by atoms with Gasteiger partial charge in [-0.2, -0.15) is 0 Å². The van der Waals surface area contributed by atoms with Crippen molar-refractivity contribution in [2.45, 2.75) is 19.9 Å². The van der Waals surface area contributed by atoms with Crippen molar-refractivity contribution in [1.82, 2.24) is 9.97 Å². The highest BCUT2D eigenvalue weighted by molar-refractivity contribution is 5.41. The van der Waals surface area contributed by atoms with Gasteiger partial charge in [-0.3, -0.25) is 0 Å². The first-order chi connectivity index (χ1) is 7.19. The molecular formula is C10H18N4O. The Morgan fingerprint density at radius 2 is 2.20 bits per heavy atom. The van der Waals surface area contributed by atoms with Crippen LogP contribution in [0, 0.1) is 0 Å². The lowest BCUT2D eigenvalue weighted by atomic mass is 10.3. The molecule has 5 heteroatoms. The van der Waals surface area contributed by atoms with Gasteiger partial charge >= 0.3 is 0 Å². The largest absolute Gasteiger partial charge is 0.481 e. The van der Waals surface area contributed by atoms with Crippen molar-refractivity contribution in [1.29, 1.82) is 0 Å². The van der Waals surface area contributed by atoms with Gasteiger partial charge in [0.05, 0.1) is 7.11 Å². The average Bonchev–Trinajstić information content (AvgIpc) is 2.25. The summed E-state index contributed by atoms with van der Waals surface area (Å²) in [5.41, 5.74) is 5.56. The molecule has 0 unspecified atom stereocenters. The Hall–Kier alpha value is -1.36. The van der Waals surface area contributed by atoms with Gasteiger partial charge < -0.3 is 15.4 Å². The van der Waals surface area contributed by atoms with Gasteiger partial charge in [0.2, 0.25) is 5.88 Å². The molecule has 0 aliphatic rings. The second-order valence-electron chi connectivity index (χ2n) is 3.49. The number of aromatic nitrogens is 2. The van der Waals surface area contributed by atoms with Gasteiger partial charge in [-0.1, -0.05) is 0 Å². The fraction of sp³-hybridized carbons (Fsp3) is 0.600. The van der Waals surface area contributed by atoms with Crippen LogP contribution in [0.2, 0.25) is 0 Å². The lowest BCUT2D eigenvalue weighted by Gasteiger charge is -2.27. The molecule has 0 saturated carbocycles. The summed E-state index contributed by atoms with van der Waals surface area (Å²) in [7, 11) is 1.59. The maximum absolute atomic E-state index is 5.56. The Labute approximate surface area is 90.3 Å². The molecule has 0 atom stereocenters. The number of hydrogen-bond donors (Lipinski definition) is 1. The molecule has 84 valence electrons. The molecule has 0 spiro atoms. The normalized spacial score (nSPS) is 10.5. The maximum Gasteiger partial charge on any atom is 0.218 e. The topological polar surface area (TPSA) is 64.3 Å². The van der Waals surface area contributed by atoms with Crippen molar-refractivity contribution in [3.63, 3.8) is 0 Å². The number of anilines is 1. The molecule has 0 saturated heterocycles. The summed E-state index contributed by atoms with van der Waals surface area (Å²) in [5.74, 6) is 1.42. The molecule has 15 heavy (non-hydrogen) atoms. The molecule has 0 radical (unpaired) electrons. The van der Waals surface area contributed by atoms with Crippen LogP contribution in [-0.4, -0.2) is 36.2 Å². The van der Waals surface area contributed by atoms with Crippen molar-refractivity contribution >= 4 is 5.82 Å². The molecule has 0 amide bonds. The summed E-state index contributed by atoms with van der Waals surface area (Å²) < 4.78 is 5.05. The third-order valence-corrected chi connectivity index (χ3v) is 2.12. The SMILES string of the molecule is COc1cc(N(CCN)C(C)C)ncn1. The third-order valence-electron chi connectivity index (χ3n) is 2.12. The van der Waals surface area contributed by atoms with Gasteiger partial charge in [0, 0.05) is 25.2 Å². The lowest BCUT2D eigenvalue weighted by Crippen LogP contribution is -2.35. The van der Waals surface area contributed by atoms with E-state index >= 15 is 0 Å². The van der Waals surface area contributed by atoms with Crippen molar-refractivity contribution < 1.29 is 4.74 Å². The molecule has 0 bridgehead atoms. The molecule has 5 nitrogen and oxygen atoms in total. The second-order valence-corrected chi connectivity index (χ2v) is 3.49. The molecule has 0 aromatic carbocycles. The molecule has 1 aromatic rings. The van der Waals surface area contributed by atoms with E-state index in [0.717, 1.165) is 12.4 Å². The second kappa shape index (κ2) is 5.50. The summed E-state index contributed by atoms with van der Waals surface area (Å²) in [6.07, 6.45) is 1.50. The van der Waals surface area contributed by atoms with Crippen molar-refractivity contribution in [2.24, 2.45) is 5.73 Å². The molecular weight excluding hydrogens is 192 g/mol. The standard InChI is InChI=1S/C10H18N4O/c1-8(2)14(5-4-11)9-6-10(15-3)13-7-12-9/h6-8H,4-5,11H2,1-3H3. The number of hydrogen-bond acceptors (Lipinski definition) is 5. The zero-order valence-electron chi connectivity index (χ0n) is 9.47. The molecule has 1 heterocycles. The van der Waals surface area contributed by atoms with Crippen LogP contribution in [0.15, 0.2) is 12.4 Å². The average molecular weight is 210 g/mol. The number of nitrogens with two attached hydrogens (primary N) is 1. The Morgan fingerprint density at radius 3 is 2.73 bits per heavy atom. The van der Waals surface area contributed by atoms with Gasteiger partial charge in [0.15, 0.2) is 0 Å². The molecule has 0 aliphatic carbocycles. The van der Waals surface area contributed by atoms with Crippen LogP contribution in [0.4, 0.5) is 5.82 Å². The number of ether oxygens (including phenoxy) is 1. The quantitative estimate of drug-likeness (QED) is 0.773. The van der Waals surface area contributed by atoms with E-state index in [0.29, 0.717) is 18.5 Å². The van der Waals surface area contributed by atoms with Crippen molar-refractivity contribution in [3.05, 3.63) is 12.4 Å². The van der Waals surface area contributed by atoms with E-state index in [1.807, 2.05) is 6.07 Å². The first-order valence-electron chi connectivity index (χ1n) is 5.01. The first kappa shape index (κ1) is 11.7. The van der Waals surface area contributed by atoms with E-state index in [1.54, 1.807) is 7.11 Å². The van der Waals surface area contributed by atoms with Gasteiger partial charge in [-0.15, -0.1) is 0 Å². The minimum atomic E-state index is 0.355. The minimum absolute atomic E-state index is 0.355. The molecule has 0 fully saturated rings. The van der Waals surface area contributed by atoms with Crippen LogP contribution in [0.3, 0.4) is 0 Å². The smallest absolute Gasteiger partial charge is 0.218 e. The minimum Gasteiger partial charge on any atom is -0.481 e. The fourth-order valence-corrected chi connectivity index (χ4v) is 1.37. The third kappa shape index (κ3) is 3.06. The highest BCUT2D eigenvalue weighted by Crippen LogP contribution is 2.16. The van der Waals surface area contributed by atoms with E-state index < -0.39 is 0 Å². The lowest BCUT2D eigenvalue weighted by molar-refractivity contribution is 0.396. The Kier molecular flexibility index (Phi) is 4.30. The van der Waals surface area contributed by atoms with Crippen LogP contribution in [0.1, 0.15) is 13.8 Å². The van der Waals surface area contributed by atoms with E-state index in [4.69, 9.17) is 10.5 Å². The van der Waals surface area contributed by atoms with Crippen LogP contribution < -0.4 is 15.4 Å². The number of rotatable bonds is 5. The summed E-state index contributed by atoms with van der Waals surface area (Å²) in [6.45, 7) is 5.58. The molecule has 1 aromatic heterocycles. The predicted molar refractivity (Wildman–Crippen MR) is 60.1 cm³/mol. The van der Waals surface area contributed by atoms with Gasteiger partial charge in [-0.05, 0) is 13.8 Å². The Balaban J connectivity index is 2.89. The zero-order valence-corrected chi connectivity index (χ0v) is 9.47. The van der Waals surface area contributed by atoms with Crippen LogP contribution in [0.25, 0.3) is 0 Å². The van der Waals surface area contributed by atoms with Crippen LogP contribution >= 0.6 is 0 Å². The highest BCUT2D eigenvalue weighted by Gasteiger charge is 2.11. The first-order valence-corrected chi connectivity index (χ1v) is 5.01. The summed E-state index contributed by atoms with van der Waals surface area (Å²) in [5, 5.41) is 0. The van der Waals surface area contributed by atoms with Crippen LogP contribution in [0.5, 0.6) is 5.88 Å². The molecule has 1 rings (SSSR count). The predicted octanol–water partition coefficient (Wildman–Crippen LogP) is 0.659. The summed E-state index contributed by atoms with van der Waals surface area (Å²) in [4.78, 5) is 10.3. The van der Waals surface area contributed by atoms with Gasteiger partial charge in [-0.25, -0.2) is 9.97 Å². The van der Waals surface area contributed by atoms with Crippen molar-refractivity contribution in [3.8, 4) is 5.88 Å². The Morgan fingerprint density at radius 1 is 1.47 bits per heavy atom. The van der Waals surface area contributed by atoms with E-state index in [1.165, 1.54) is 6.33 Å². The van der Waals surface area contributed by atoms with Crippen molar-refractivity contribution in [2.75, 3.05) is 25.1 Å². The monoisotopic (exact) mass is 210 g/mol. The molecule has 2 N–H and O–H groups in total. The van der Waals surface area contributed by atoms with Crippen LogP contribution in [-0.2, 0) is 0 Å². The van der Waals surface area contributed by atoms with Gasteiger partial charge in [0.1, 0.15) is 12.1 Å². The summed E-state index contributed by atoms with van der Waals surface area (Å²) >= 11 is 0. The van der Waals surface area contributed by atoms with E-state index in [2.05, 4.69) is 28.7 Å². The number of methoxy groups -OCH3 is 1.